The molecule has 0 saturated carbocycles. The fourth-order valence-electron chi connectivity index (χ4n) is 2.15. The van der Waals surface area contributed by atoms with Crippen LogP contribution in [0.1, 0.15) is 44.6 Å². The van der Waals surface area contributed by atoms with Crippen LogP contribution in [-0.2, 0) is 6.54 Å². The molecule has 0 spiro atoms. The molecule has 0 fully saturated rings. The van der Waals surface area contributed by atoms with Gasteiger partial charge in [0, 0.05) is 25.6 Å². The molecule has 0 unspecified atom stereocenters. The quantitative estimate of drug-likeness (QED) is 0.787. The third kappa shape index (κ3) is 4.72. The van der Waals surface area contributed by atoms with E-state index >= 15 is 0 Å². The molecule has 0 amide bonds. The van der Waals surface area contributed by atoms with Crippen LogP contribution in [0.3, 0.4) is 0 Å². The lowest BCUT2D eigenvalue weighted by molar-refractivity contribution is 0.400. The molecule has 1 aromatic rings. The Labute approximate surface area is 123 Å². The van der Waals surface area contributed by atoms with E-state index in [1.165, 1.54) is 0 Å². The molecule has 0 aliphatic carbocycles. The second kappa shape index (κ2) is 8.17. The zero-order valence-corrected chi connectivity index (χ0v) is 13.6. The van der Waals surface area contributed by atoms with E-state index in [2.05, 4.69) is 54.6 Å². The number of aromatic nitrogens is 2. The summed E-state index contributed by atoms with van der Waals surface area (Å²) in [6.07, 6.45) is 3.06. The molecule has 0 aliphatic heterocycles. The highest BCUT2D eigenvalue weighted by atomic mass is 15.2. The van der Waals surface area contributed by atoms with Gasteiger partial charge in [0.05, 0.1) is 17.6 Å². The van der Waals surface area contributed by atoms with E-state index in [9.17, 15) is 0 Å². The smallest absolute Gasteiger partial charge is 0.131 e. The Hall–Kier alpha value is -1.20. The minimum atomic E-state index is 0.332. The fraction of sp³-hybridized carbons (Fsp3) is 0.733. The Morgan fingerprint density at radius 1 is 1.25 bits per heavy atom. The monoisotopic (exact) mass is 279 g/mol. The molecule has 0 aliphatic rings. The average Bonchev–Trinajstić information content (AvgIpc) is 2.42. The molecule has 1 heterocycles. The summed E-state index contributed by atoms with van der Waals surface area (Å²) in [7, 11) is 4.20. The fourth-order valence-corrected chi connectivity index (χ4v) is 2.15. The number of rotatable bonds is 8. The molecule has 0 radical (unpaired) electrons. The minimum Gasteiger partial charge on any atom is -0.369 e. The van der Waals surface area contributed by atoms with Crippen LogP contribution in [-0.4, -0.2) is 48.6 Å². The molecule has 20 heavy (non-hydrogen) atoms. The van der Waals surface area contributed by atoms with E-state index in [4.69, 9.17) is 5.73 Å². The standard InChI is InChI=1S/C15H29N5/c1-6-20(9-7-8-19(4)5)14-11-17-15(12(2)3)18-13(14)10-16/h11-12H,6-10,16H2,1-5H3. The van der Waals surface area contributed by atoms with E-state index < -0.39 is 0 Å². The molecule has 0 aromatic carbocycles. The average molecular weight is 279 g/mol. The van der Waals surface area contributed by atoms with Crippen LogP contribution in [0.2, 0.25) is 0 Å². The van der Waals surface area contributed by atoms with Crippen molar-refractivity contribution in [1.29, 1.82) is 0 Å². The third-order valence-electron chi connectivity index (χ3n) is 3.33. The molecular weight excluding hydrogens is 250 g/mol. The van der Waals surface area contributed by atoms with Gasteiger partial charge < -0.3 is 15.5 Å². The lowest BCUT2D eigenvalue weighted by Crippen LogP contribution is -2.29. The zero-order chi connectivity index (χ0) is 15.1. The van der Waals surface area contributed by atoms with Crippen LogP contribution in [0, 0.1) is 0 Å². The van der Waals surface area contributed by atoms with Gasteiger partial charge in [-0.1, -0.05) is 13.8 Å². The Morgan fingerprint density at radius 3 is 2.45 bits per heavy atom. The van der Waals surface area contributed by atoms with Gasteiger partial charge >= 0.3 is 0 Å². The maximum absolute atomic E-state index is 5.86. The Kier molecular flexibility index (Phi) is 6.88. The van der Waals surface area contributed by atoms with Crippen LogP contribution in [0.4, 0.5) is 5.69 Å². The zero-order valence-electron chi connectivity index (χ0n) is 13.6. The Morgan fingerprint density at radius 2 is 1.95 bits per heavy atom. The number of nitrogens with zero attached hydrogens (tertiary/aromatic N) is 4. The van der Waals surface area contributed by atoms with Gasteiger partial charge in [0.2, 0.25) is 0 Å². The number of hydrogen-bond donors (Lipinski definition) is 1. The summed E-state index contributed by atoms with van der Waals surface area (Å²) in [6, 6.07) is 0. The number of nitrogens with two attached hydrogens (primary N) is 1. The summed E-state index contributed by atoms with van der Waals surface area (Å²) in [5.41, 5.74) is 7.90. The molecule has 5 heteroatoms. The molecule has 114 valence electrons. The molecule has 0 saturated heterocycles. The topological polar surface area (TPSA) is 58.3 Å². The summed E-state index contributed by atoms with van der Waals surface area (Å²) in [5.74, 6) is 1.21. The molecule has 1 rings (SSSR count). The van der Waals surface area contributed by atoms with Crippen LogP contribution in [0.15, 0.2) is 6.20 Å². The second-order valence-corrected chi connectivity index (χ2v) is 5.66. The van der Waals surface area contributed by atoms with Gasteiger partial charge in [-0.25, -0.2) is 9.97 Å². The van der Waals surface area contributed by atoms with Crippen molar-refractivity contribution in [3.8, 4) is 0 Å². The summed E-state index contributed by atoms with van der Waals surface area (Å²) >= 11 is 0. The van der Waals surface area contributed by atoms with Crippen LogP contribution in [0.25, 0.3) is 0 Å². The highest BCUT2D eigenvalue weighted by Crippen LogP contribution is 2.20. The molecule has 2 N–H and O–H groups in total. The maximum Gasteiger partial charge on any atom is 0.131 e. The highest BCUT2D eigenvalue weighted by Gasteiger charge is 2.13. The van der Waals surface area contributed by atoms with Crippen molar-refractivity contribution in [3.05, 3.63) is 17.7 Å². The first-order valence-corrected chi connectivity index (χ1v) is 7.45. The molecule has 0 bridgehead atoms. The molecular formula is C15H29N5. The van der Waals surface area contributed by atoms with E-state index in [1.807, 2.05) is 6.20 Å². The van der Waals surface area contributed by atoms with Gasteiger partial charge in [0.15, 0.2) is 0 Å². The lowest BCUT2D eigenvalue weighted by Gasteiger charge is -2.25. The van der Waals surface area contributed by atoms with Crippen molar-refractivity contribution in [1.82, 2.24) is 14.9 Å². The number of hydrogen-bond acceptors (Lipinski definition) is 5. The van der Waals surface area contributed by atoms with Crippen molar-refractivity contribution in [2.24, 2.45) is 5.73 Å². The maximum atomic E-state index is 5.86. The van der Waals surface area contributed by atoms with Crippen molar-refractivity contribution in [2.75, 3.05) is 38.6 Å². The first-order valence-electron chi connectivity index (χ1n) is 7.45. The molecule has 1 aromatic heterocycles. The summed E-state index contributed by atoms with van der Waals surface area (Å²) in [4.78, 5) is 13.6. The van der Waals surface area contributed by atoms with E-state index in [1.54, 1.807) is 0 Å². The Bertz CT molecular complexity index is 403. The SMILES string of the molecule is CCN(CCCN(C)C)c1cnc(C(C)C)nc1CN. The summed E-state index contributed by atoms with van der Waals surface area (Å²) < 4.78 is 0. The van der Waals surface area contributed by atoms with Crippen molar-refractivity contribution in [2.45, 2.75) is 39.7 Å². The number of anilines is 1. The van der Waals surface area contributed by atoms with E-state index in [-0.39, 0.29) is 0 Å². The van der Waals surface area contributed by atoms with Crippen molar-refractivity contribution >= 4 is 5.69 Å². The third-order valence-corrected chi connectivity index (χ3v) is 3.33. The highest BCUT2D eigenvalue weighted by molar-refractivity contribution is 5.49. The van der Waals surface area contributed by atoms with Gasteiger partial charge in [0.25, 0.3) is 0 Å². The van der Waals surface area contributed by atoms with Gasteiger partial charge in [0.1, 0.15) is 5.82 Å². The van der Waals surface area contributed by atoms with Crippen LogP contribution >= 0.6 is 0 Å². The van der Waals surface area contributed by atoms with Crippen LogP contribution in [0.5, 0.6) is 0 Å². The van der Waals surface area contributed by atoms with Gasteiger partial charge in [-0.05, 0) is 34.0 Å². The normalized spacial score (nSPS) is 11.4. The minimum absolute atomic E-state index is 0.332. The first kappa shape index (κ1) is 16.9. The molecule has 0 atom stereocenters. The van der Waals surface area contributed by atoms with Gasteiger partial charge in [-0.15, -0.1) is 0 Å². The second-order valence-electron chi connectivity index (χ2n) is 5.66. The first-order chi connectivity index (χ1) is 9.49. The van der Waals surface area contributed by atoms with Gasteiger partial charge in [-0.2, -0.15) is 0 Å². The largest absolute Gasteiger partial charge is 0.369 e. The predicted molar refractivity (Wildman–Crippen MR) is 85.1 cm³/mol. The van der Waals surface area contributed by atoms with E-state index in [0.717, 1.165) is 43.3 Å². The summed E-state index contributed by atoms with van der Waals surface area (Å²) in [5, 5.41) is 0. The van der Waals surface area contributed by atoms with Crippen molar-refractivity contribution in [3.63, 3.8) is 0 Å². The molecule has 5 nitrogen and oxygen atoms in total. The summed E-state index contributed by atoms with van der Waals surface area (Å²) in [6.45, 7) is 9.86. The van der Waals surface area contributed by atoms with E-state index in [0.29, 0.717) is 12.5 Å². The lowest BCUT2D eigenvalue weighted by atomic mass is 10.2. The van der Waals surface area contributed by atoms with Crippen molar-refractivity contribution < 1.29 is 0 Å². The van der Waals surface area contributed by atoms with Crippen LogP contribution < -0.4 is 10.6 Å². The Balaban J connectivity index is 2.85. The predicted octanol–water partition coefficient (Wildman–Crippen LogP) is 1.84. The van der Waals surface area contributed by atoms with Gasteiger partial charge in [-0.3, -0.25) is 0 Å².